The molecule has 0 aliphatic heterocycles. The highest BCUT2D eigenvalue weighted by Crippen LogP contribution is 2.31. The summed E-state index contributed by atoms with van der Waals surface area (Å²) < 4.78 is 7.29. The number of rotatable bonds is 6. The number of hydrogen-bond acceptors (Lipinski definition) is 7. The molecular formula is C21H20N6O2S2. The molecule has 158 valence electrons. The number of anilines is 1. The average Bonchev–Trinajstić information content (AvgIpc) is 3.34. The second kappa shape index (κ2) is 9.19. The predicted octanol–water partition coefficient (Wildman–Crippen LogP) is 4.08. The maximum Gasteiger partial charge on any atom is 0.257 e. The van der Waals surface area contributed by atoms with Crippen molar-refractivity contribution >= 4 is 45.2 Å². The van der Waals surface area contributed by atoms with E-state index in [9.17, 15) is 4.79 Å². The molecule has 4 rings (SSSR count). The van der Waals surface area contributed by atoms with Crippen molar-refractivity contribution in [3.05, 3.63) is 59.9 Å². The number of hydrogen-bond donors (Lipinski definition) is 2. The first-order valence-electron chi connectivity index (χ1n) is 9.68. The number of para-hydroxylation sites is 1. The number of nitrogens with zero attached hydrogens (tertiary/aromatic N) is 4. The van der Waals surface area contributed by atoms with E-state index in [1.807, 2.05) is 44.2 Å². The van der Waals surface area contributed by atoms with Crippen molar-refractivity contribution in [2.24, 2.45) is 0 Å². The lowest BCUT2D eigenvalue weighted by molar-refractivity contribution is 0.0977. The SMILES string of the molecule is CCCOc1cccc(C(=O)NC(=S)Nc2ccccc2-c2nn3c(C)nnc3s2)c1. The molecule has 0 bridgehead atoms. The molecule has 2 aromatic carbocycles. The summed E-state index contributed by atoms with van der Waals surface area (Å²) in [5, 5.41) is 19.5. The molecule has 4 aromatic rings. The Morgan fingerprint density at radius 3 is 2.84 bits per heavy atom. The molecule has 0 unspecified atom stereocenters. The number of benzene rings is 2. The molecule has 8 nitrogen and oxygen atoms in total. The number of aryl methyl sites for hydroxylation is 1. The zero-order valence-corrected chi connectivity index (χ0v) is 18.6. The fourth-order valence-electron chi connectivity index (χ4n) is 2.88. The Bertz CT molecular complexity index is 1250. The summed E-state index contributed by atoms with van der Waals surface area (Å²) in [6, 6.07) is 14.6. The van der Waals surface area contributed by atoms with Crippen molar-refractivity contribution in [3.63, 3.8) is 0 Å². The van der Waals surface area contributed by atoms with Crippen LogP contribution in [-0.4, -0.2) is 37.4 Å². The summed E-state index contributed by atoms with van der Waals surface area (Å²) in [6.07, 6.45) is 0.894. The van der Waals surface area contributed by atoms with E-state index < -0.39 is 0 Å². The molecular weight excluding hydrogens is 432 g/mol. The summed E-state index contributed by atoms with van der Waals surface area (Å²) in [4.78, 5) is 13.3. The molecule has 0 aliphatic carbocycles. The van der Waals surface area contributed by atoms with Crippen molar-refractivity contribution in [1.82, 2.24) is 25.1 Å². The number of aromatic nitrogens is 4. The molecule has 31 heavy (non-hydrogen) atoms. The summed E-state index contributed by atoms with van der Waals surface area (Å²) in [5.74, 6) is 1.06. The van der Waals surface area contributed by atoms with Crippen LogP contribution in [0.4, 0.5) is 5.69 Å². The van der Waals surface area contributed by atoms with Crippen molar-refractivity contribution in [3.8, 4) is 16.3 Å². The minimum atomic E-state index is -0.314. The minimum absolute atomic E-state index is 0.191. The maximum atomic E-state index is 12.6. The van der Waals surface area contributed by atoms with Gasteiger partial charge in [-0.15, -0.1) is 10.2 Å². The third kappa shape index (κ3) is 4.70. The number of carbonyl (C=O) groups is 1. The fourth-order valence-corrected chi connectivity index (χ4v) is 4.01. The van der Waals surface area contributed by atoms with Crippen LogP contribution in [0.25, 0.3) is 15.5 Å². The highest BCUT2D eigenvalue weighted by atomic mass is 32.1. The van der Waals surface area contributed by atoms with Crippen LogP contribution in [0.1, 0.15) is 29.5 Å². The van der Waals surface area contributed by atoms with Crippen molar-refractivity contribution in [1.29, 1.82) is 0 Å². The summed E-state index contributed by atoms with van der Waals surface area (Å²) in [7, 11) is 0. The first-order valence-corrected chi connectivity index (χ1v) is 10.9. The number of fused-ring (bicyclic) bond motifs is 1. The molecule has 0 radical (unpaired) electrons. The maximum absolute atomic E-state index is 12.6. The molecule has 0 fully saturated rings. The highest BCUT2D eigenvalue weighted by molar-refractivity contribution is 7.80. The number of carbonyl (C=O) groups excluding carboxylic acids is 1. The number of thiocarbonyl (C=S) groups is 1. The van der Waals surface area contributed by atoms with Crippen molar-refractivity contribution in [2.45, 2.75) is 20.3 Å². The summed E-state index contributed by atoms with van der Waals surface area (Å²) in [5.41, 5.74) is 2.05. The van der Waals surface area contributed by atoms with E-state index in [-0.39, 0.29) is 11.0 Å². The van der Waals surface area contributed by atoms with Gasteiger partial charge in [0.15, 0.2) is 10.9 Å². The van der Waals surface area contributed by atoms with Crippen LogP contribution >= 0.6 is 23.6 Å². The Labute approximate surface area is 188 Å². The molecule has 0 saturated heterocycles. The molecule has 0 aliphatic rings. The lowest BCUT2D eigenvalue weighted by Gasteiger charge is -2.12. The van der Waals surface area contributed by atoms with Gasteiger partial charge in [0.05, 0.1) is 12.3 Å². The van der Waals surface area contributed by atoms with Gasteiger partial charge in [-0.05, 0) is 55.9 Å². The van der Waals surface area contributed by atoms with E-state index in [4.69, 9.17) is 17.0 Å². The molecule has 10 heteroatoms. The van der Waals surface area contributed by atoms with E-state index in [1.54, 1.807) is 22.7 Å². The van der Waals surface area contributed by atoms with Crippen LogP contribution < -0.4 is 15.4 Å². The van der Waals surface area contributed by atoms with Crippen LogP contribution in [0.15, 0.2) is 48.5 Å². The zero-order chi connectivity index (χ0) is 21.8. The Kier molecular flexibility index (Phi) is 6.19. The third-order valence-corrected chi connectivity index (χ3v) is 5.48. The lowest BCUT2D eigenvalue weighted by atomic mass is 10.2. The van der Waals surface area contributed by atoms with Crippen LogP contribution in [0.2, 0.25) is 0 Å². The van der Waals surface area contributed by atoms with Gasteiger partial charge in [-0.3, -0.25) is 10.1 Å². The first kappa shape index (κ1) is 20.9. The van der Waals surface area contributed by atoms with Crippen molar-refractivity contribution in [2.75, 3.05) is 11.9 Å². The Balaban J connectivity index is 1.48. The van der Waals surface area contributed by atoms with Gasteiger partial charge in [-0.25, -0.2) is 0 Å². The Morgan fingerprint density at radius 1 is 1.19 bits per heavy atom. The summed E-state index contributed by atoms with van der Waals surface area (Å²) >= 11 is 6.80. The van der Waals surface area contributed by atoms with E-state index in [0.29, 0.717) is 22.9 Å². The molecule has 2 heterocycles. The third-order valence-electron chi connectivity index (χ3n) is 4.35. The van der Waals surface area contributed by atoms with E-state index >= 15 is 0 Å². The average molecular weight is 453 g/mol. The molecule has 2 N–H and O–H groups in total. The van der Waals surface area contributed by atoms with Gasteiger partial charge in [0.2, 0.25) is 4.96 Å². The molecule has 2 aromatic heterocycles. The second-order valence-corrected chi connectivity index (χ2v) is 8.04. The minimum Gasteiger partial charge on any atom is -0.494 e. The number of amides is 1. The van der Waals surface area contributed by atoms with Crippen LogP contribution in [0.5, 0.6) is 5.75 Å². The van der Waals surface area contributed by atoms with Crippen LogP contribution in [-0.2, 0) is 0 Å². The van der Waals surface area contributed by atoms with Gasteiger partial charge in [0.1, 0.15) is 10.8 Å². The van der Waals surface area contributed by atoms with E-state index in [2.05, 4.69) is 25.9 Å². The second-order valence-electron chi connectivity index (χ2n) is 6.68. The summed E-state index contributed by atoms with van der Waals surface area (Å²) in [6.45, 7) is 4.47. The van der Waals surface area contributed by atoms with E-state index in [0.717, 1.165) is 28.5 Å². The Hall–Kier alpha value is -3.37. The quantitative estimate of drug-likeness (QED) is 0.426. The largest absolute Gasteiger partial charge is 0.494 e. The van der Waals surface area contributed by atoms with Crippen LogP contribution in [0, 0.1) is 6.92 Å². The zero-order valence-electron chi connectivity index (χ0n) is 17.0. The standard InChI is InChI=1S/C21H20N6O2S2/c1-3-11-29-15-8-6-7-14(12-15)18(28)23-20(30)22-17-10-5-4-9-16(17)19-26-27-13(2)24-25-21(27)31-19/h4-10,12H,3,11H2,1-2H3,(H2,22,23,28,30). The van der Waals surface area contributed by atoms with Gasteiger partial charge in [-0.2, -0.15) is 9.61 Å². The molecule has 1 amide bonds. The van der Waals surface area contributed by atoms with Crippen LogP contribution in [0.3, 0.4) is 0 Å². The molecule has 0 atom stereocenters. The number of ether oxygens (including phenoxy) is 1. The fraction of sp³-hybridized carbons (Fsp3) is 0.190. The topological polar surface area (TPSA) is 93.4 Å². The van der Waals surface area contributed by atoms with Gasteiger partial charge >= 0.3 is 0 Å². The predicted molar refractivity (Wildman–Crippen MR) is 125 cm³/mol. The van der Waals surface area contributed by atoms with Gasteiger partial charge in [-0.1, -0.05) is 36.5 Å². The lowest BCUT2D eigenvalue weighted by Crippen LogP contribution is -2.34. The number of nitrogens with one attached hydrogen (secondary N) is 2. The monoisotopic (exact) mass is 452 g/mol. The normalized spacial score (nSPS) is 10.8. The van der Waals surface area contributed by atoms with Crippen molar-refractivity contribution < 1.29 is 9.53 Å². The van der Waals surface area contributed by atoms with Gasteiger partial charge < -0.3 is 10.1 Å². The van der Waals surface area contributed by atoms with E-state index in [1.165, 1.54) is 11.3 Å². The van der Waals surface area contributed by atoms with Gasteiger partial charge in [0, 0.05) is 11.1 Å². The Morgan fingerprint density at radius 2 is 2.03 bits per heavy atom. The highest BCUT2D eigenvalue weighted by Gasteiger charge is 2.15. The molecule has 0 spiro atoms. The van der Waals surface area contributed by atoms with Gasteiger partial charge in [0.25, 0.3) is 5.91 Å². The molecule has 0 saturated carbocycles. The smallest absolute Gasteiger partial charge is 0.257 e. The first-order chi connectivity index (χ1) is 15.0.